The highest BCUT2D eigenvalue weighted by Crippen LogP contribution is 2.12. The molecule has 0 N–H and O–H groups in total. The molecule has 2 rings (SSSR count). The Morgan fingerprint density at radius 1 is 0.950 bits per heavy atom. The van der Waals surface area contributed by atoms with Crippen molar-refractivity contribution in [3.05, 3.63) is 71.3 Å². The first kappa shape index (κ1) is 14.0. The van der Waals surface area contributed by atoms with E-state index in [0.29, 0.717) is 17.7 Å². The number of benzene rings is 2. The van der Waals surface area contributed by atoms with Gasteiger partial charge in [0.15, 0.2) is 5.78 Å². The quantitative estimate of drug-likeness (QED) is 0.618. The van der Waals surface area contributed by atoms with E-state index in [9.17, 15) is 9.59 Å². The Morgan fingerprint density at radius 2 is 1.65 bits per heavy atom. The lowest BCUT2D eigenvalue weighted by Gasteiger charge is -2.05. The molecular formula is C17H16O3. The summed E-state index contributed by atoms with van der Waals surface area (Å²) in [6.45, 7) is 2.13. The van der Waals surface area contributed by atoms with E-state index in [1.807, 2.05) is 24.3 Å². The van der Waals surface area contributed by atoms with E-state index in [1.165, 1.54) is 0 Å². The monoisotopic (exact) mass is 268 g/mol. The molecule has 102 valence electrons. The van der Waals surface area contributed by atoms with Crippen molar-refractivity contribution in [2.75, 3.05) is 6.61 Å². The minimum atomic E-state index is -0.281. The smallest absolute Gasteiger partial charge is 0.310 e. The molecule has 0 saturated carbocycles. The van der Waals surface area contributed by atoms with Gasteiger partial charge in [-0.2, -0.15) is 0 Å². The minimum Gasteiger partial charge on any atom is -0.466 e. The van der Waals surface area contributed by atoms with Gasteiger partial charge in [-0.1, -0.05) is 48.5 Å². The molecule has 0 bridgehead atoms. The molecule has 0 aromatic heterocycles. The molecule has 0 aliphatic heterocycles. The number of esters is 1. The molecule has 20 heavy (non-hydrogen) atoms. The third kappa shape index (κ3) is 3.54. The number of ketones is 1. The number of hydrogen-bond acceptors (Lipinski definition) is 3. The van der Waals surface area contributed by atoms with Gasteiger partial charge in [0.05, 0.1) is 13.0 Å². The first-order chi connectivity index (χ1) is 9.70. The van der Waals surface area contributed by atoms with Crippen molar-refractivity contribution in [2.24, 2.45) is 0 Å². The zero-order valence-corrected chi connectivity index (χ0v) is 11.3. The summed E-state index contributed by atoms with van der Waals surface area (Å²) in [5, 5.41) is 0. The molecule has 0 aliphatic carbocycles. The van der Waals surface area contributed by atoms with Crippen LogP contribution in [0.5, 0.6) is 0 Å². The average Bonchev–Trinajstić information content (AvgIpc) is 2.48. The summed E-state index contributed by atoms with van der Waals surface area (Å²) in [5.41, 5.74) is 2.00. The van der Waals surface area contributed by atoms with Gasteiger partial charge in [-0.25, -0.2) is 0 Å². The second-order valence-electron chi connectivity index (χ2n) is 4.38. The fraction of sp³-hybridized carbons (Fsp3) is 0.176. The zero-order chi connectivity index (χ0) is 14.4. The maximum atomic E-state index is 12.3. The molecule has 0 aliphatic rings. The molecule has 0 radical (unpaired) electrons. The van der Waals surface area contributed by atoms with E-state index in [0.717, 1.165) is 5.56 Å². The highest BCUT2D eigenvalue weighted by atomic mass is 16.5. The summed E-state index contributed by atoms with van der Waals surface area (Å²) in [6, 6.07) is 16.2. The lowest BCUT2D eigenvalue weighted by atomic mass is 10.0. The van der Waals surface area contributed by atoms with Crippen molar-refractivity contribution in [3.63, 3.8) is 0 Å². The number of ether oxygens (including phenoxy) is 1. The molecule has 0 fully saturated rings. The lowest BCUT2D eigenvalue weighted by Crippen LogP contribution is -2.08. The fourth-order valence-electron chi connectivity index (χ4n) is 1.96. The fourth-order valence-corrected chi connectivity index (χ4v) is 1.96. The summed E-state index contributed by atoms with van der Waals surface area (Å²) in [6.07, 6.45) is 0.184. The van der Waals surface area contributed by atoms with Gasteiger partial charge in [-0.15, -0.1) is 0 Å². The predicted molar refractivity (Wildman–Crippen MR) is 76.7 cm³/mol. The van der Waals surface area contributed by atoms with E-state index < -0.39 is 0 Å². The zero-order valence-electron chi connectivity index (χ0n) is 11.3. The number of rotatable bonds is 5. The molecule has 0 spiro atoms. The first-order valence-electron chi connectivity index (χ1n) is 6.55. The third-order valence-electron chi connectivity index (χ3n) is 2.88. The van der Waals surface area contributed by atoms with E-state index in [1.54, 1.807) is 37.3 Å². The largest absolute Gasteiger partial charge is 0.466 e. The van der Waals surface area contributed by atoms with Crippen LogP contribution in [0.25, 0.3) is 0 Å². The van der Waals surface area contributed by atoms with Crippen LogP contribution in [0.15, 0.2) is 54.6 Å². The van der Waals surface area contributed by atoms with Crippen LogP contribution in [0.2, 0.25) is 0 Å². The summed E-state index contributed by atoms with van der Waals surface area (Å²) >= 11 is 0. The van der Waals surface area contributed by atoms with Crippen LogP contribution < -0.4 is 0 Å². The molecule has 0 amide bonds. The molecule has 0 atom stereocenters. The SMILES string of the molecule is CCOC(=O)Cc1cccc(C(=O)c2ccccc2)c1. The van der Waals surface area contributed by atoms with Gasteiger partial charge in [0, 0.05) is 11.1 Å². The van der Waals surface area contributed by atoms with Gasteiger partial charge >= 0.3 is 5.97 Å². The van der Waals surface area contributed by atoms with E-state index in [-0.39, 0.29) is 18.2 Å². The van der Waals surface area contributed by atoms with Crippen LogP contribution >= 0.6 is 0 Å². The molecule has 0 unspecified atom stereocenters. The molecule has 0 saturated heterocycles. The number of carbonyl (C=O) groups excluding carboxylic acids is 2. The highest BCUT2D eigenvalue weighted by molar-refractivity contribution is 6.09. The summed E-state index contributed by atoms with van der Waals surface area (Å²) in [4.78, 5) is 23.8. The Kier molecular flexibility index (Phi) is 4.66. The normalized spacial score (nSPS) is 10.1. The Balaban J connectivity index is 2.18. The summed E-state index contributed by atoms with van der Waals surface area (Å²) in [5.74, 6) is -0.326. The number of carbonyl (C=O) groups is 2. The van der Waals surface area contributed by atoms with E-state index >= 15 is 0 Å². The van der Waals surface area contributed by atoms with E-state index in [2.05, 4.69) is 0 Å². The summed E-state index contributed by atoms with van der Waals surface area (Å²) < 4.78 is 4.91. The molecular weight excluding hydrogens is 252 g/mol. The Hall–Kier alpha value is -2.42. The molecule has 2 aromatic rings. The van der Waals surface area contributed by atoms with Crippen molar-refractivity contribution >= 4 is 11.8 Å². The van der Waals surface area contributed by atoms with Crippen LogP contribution in [0.1, 0.15) is 28.4 Å². The Labute approximate surface area is 118 Å². The van der Waals surface area contributed by atoms with Crippen LogP contribution in [0.4, 0.5) is 0 Å². The molecule has 0 heterocycles. The van der Waals surface area contributed by atoms with Gasteiger partial charge < -0.3 is 4.74 Å². The standard InChI is InChI=1S/C17H16O3/c1-2-20-16(18)12-13-7-6-10-15(11-13)17(19)14-8-4-3-5-9-14/h3-11H,2,12H2,1H3. The highest BCUT2D eigenvalue weighted by Gasteiger charge is 2.10. The van der Waals surface area contributed by atoms with Crippen LogP contribution in [-0.2, 0) is 16.0 Å². The number of hydrogen-bond donors (Lipinski definition) is 0. The van der Waals surface area contributed by atoms with Crippen molar-refractivity contribution in [2.45, 2.75) is 13.3 Å². The van der Waals surface area contributed by atoms with Gasteiger partial charge in [-0.3, -0.25) is 9.59 Å². The van der Waals surface area contributed by atoms with Crippen molar-refractivity contribution in [3.8, 4) is 0 Å². The maximum Gasteiger partial charge on any atom is 0.310 e. The average molecular weight is 268 g/mol. The van der Waals surface area contributed by atoms with Gasteiger partial charge in [0.2, 0.25) is 0 Å². The topological polar surface area (TPSA) is 43.4 Å². The van der Waals surface area contributed by atoms with E-state index in [4.69, 9.17) is 4.74 Å². The Morgan fingerprint density at radius 3 is 2.35 bits per heavy atom. The van der Waals surface area contributed by atoms with Crippen LogP contribution in [0, 0.1) is 0 Å². The third-order valence-corrected chi connectivity index (χ3v) is 2.88. The van der Waals surface area contributed by atoms with Crippen molar-refractivity contribution in [1.29, 1.82) is 0 Å². The molecule has 3 heteroatoms. The van der Waals surface area contributed by atoms with Crippen LogP contribution in [0.3, 0.4) is 0 Å². The summed E-state index contributed by atoms with van der Waals surface area (Å²) in [7, 11) is 0. The Bertz CT molecular complexity index is 603. The molecule has 2 aromatic carbocycles. The van der Waals surface area contributed by atoms with Crippen LogP contribution in [-0.4, -0.2) is 18.4 Å². The lowest BCUT2D eigenvalue weighted by molar-refractivity contribution is -0.142. The second kappa shape index (κ2) is 6.66. The predicted octanol–water partition coefficient (Wildman–Crippen LogP) is 3.02. The molecule has 3 nitrogen and oxygen atoms in total. The van der Waals surface area contributed by atoms with Crippen molar-refractivity contribution < 1.29 is 14.3 Å². The van der Waals surface area contributed by atoms with Gasteiger partial charge in [0.1, 0.15) is 0 Å². The van der Waals surface area contributed by atoms with Crippen molar-refractivity contribution in [1.82, 2.24) is 0 Å². The first-order valence-corrected chi connectivity index (χ1v) is 6.55. The van der Waals surface area contributed by atoms with Gasteiger partial charge in [0.25, 0.3) is 0 Å². The maximum absolute atomic E-state index is 12.3. The van der Waals surface area contributed by atoms with Gasteiger partial charge in [-0.05, 0) is 18.6 Å². The minimum absolute atomic E-state index is 0.0451. The second-order valence-corrected chi connectivity index (χ2v) is 4.38.